The van der Waals surface area contributed by atoms with Crippen molar-refractivity contribution in [1.29, 1.82) is 0 Å². The molecule has 0 bridgehead atoms. The highest BCUT2D eigenvalue weighted by Gasteiger charge is 1.96. The minimum Gasteiger partial charge on any atom is -0.383 e. The summed E-state index contributed by atoms with van der Waals surface area (Å²) < 4.78 is 0. The Balaban J connectivity index is 2.78. The lowest BCUT2D eigenvalue weighted by atomic mass is 10.1. The highest BCUT2D eigenvalue weighted by molar-refractivity contribution is 5.94. The molecule has 1 rings (SSSR count). The first-order chi connectivity index (χ1) is 6.59. The van der Waals surface area contributed by atoms with Gasteiger partial charge in [-0.25, -0.2) is 0 Å². The first-order valence-corrected chi connectivity index (χ1v) is 4.55. The standard InChI is InChI=1S/C12H15NO/c1-10(14)12-6-4-11(5-7-12)8-9-13(2)3/h4-9H,1-3H3. The lowest BCUT2D eigenvalue weighted by Gasteiger charge is -2.03. The molecule has 1 aromatic carbocycles. The summed E-state index contributed by atoms with van der Waals surface area (Å²) in [4.78, 5) is 13.0. The summed E-state index contributed by atoms with van der Waals surface area (Å²) in [5, 5.41) is 0. The molecule has 1 aromatic rings. The van der Waals surface area contributed by atoms with Crippen LogP contribution in [0.2, 0.25) is 0 Å². The van der Waals surface area contributed by atoms with Crippen LogP contribution >= 0.6 is 0 Å². The smallest absolute Gasteiger partial charge is 0.159 e. The molecule has 0 atom stereocenters. The SMILES string of the molecule is CC(=O)c1ccc(C=CN(C)C)cc1. The van der Waals surface area contributed by atoms with Crippen LogP contribution in [0, 0.1) is 0 Å². The normalized spacial score (nSPS) is 10.5. The van der Waals surface area contributed by atoms with Crippen molar-refractivity contribution in [3.05, 3.63) is 41.6 Å². The summed E-state index contributed by atoms with van der Waals surface area (Å²) in [6.45, 7) is 1.57. The molecule has 0 aromatic heterocycles. The molecule has 14 heavy (non-hydrogen) atoms. The molecule has 0 radical (unpaired) electrons. The molecular weight excluding hydrogens is 174 g/mol. The van der Waals surface area contributed by atoms with Gasteiger partial charge in [-0.05, 0) is 24.8 Å². The summed E-state index contributed by atoms with van der Waals surface area (Å²) >= 11 is 0. The fourth-order valence-electron chi connectivity index (χ4n) is 1.06. The molecule has 2 nitrogen and oxygen atoms in total. The van der Waals surface area contributed by atoms with E-state index in [9.17, 15) is 4.79 Å². The third-order valence-electron chi connectivity index (χ3n) is 1.88. The van der Waals surface area contributed by atoms with E-state index in [4.69, 9.17) is 0 Å². The molecule has 2 heteroatoms. The molecule has 0 N–H and O–H groups in total. The van der Waals surface area contributed by atoms with E-state index in [2.05, 4.69) is 0 Å². The van der Waals surface area contributed by atoms with E-state index < -0.39 is 0 Å². The molecule has 0 aliphatic rings. The Bertz CT molecular complexity index is 336. The molecular formula is C12H15NO. The van der Waals surface area contributed by atoms with Crippen LogP contribution in [-0.2, 0) is 0 Å². The van der Waals surface area contributed by atoms with Crippen molar-refractivity contribution in [2.75, 3.05) is 14.1 Å². The zero-order valence-electron chi connectivity index (χ0n) is 8.82. The van der Waals surface area contributed by atoms with Crippen molar-refractivity contribution in [3.63, 3.8) is 0 Å². The van der Waals surface area contributed by atoms with Gasteiger partial charge in [0, 0.05) is 19.7 Å². The average Bonchev–Trinajstić information content (AvgIpc) is 2.15. The number of nitrogens with zero attached hydrogens (tertiary/aromatic N) is 1. The van der Waals surface area contributed by atoms with Crippen molar-refractivity contribution in [2.45, 2.75) is 6.92 Å². The molecule has 0 saturated carbocycles. The fourth-order valence-corrected chi connectivity index (χ4v) is 1.06. The van der Waals surface area contributed by atoms with Crippen molar-refractivity contribution in [2.24, 2.45) is 0 Å². The lowest BCUT2D eigenvalue weighted by Crippen LogP contribution is -1.99. The van der Waals surface area contributed by atoms with E-state index in [-0.39, 0.29) is 5.78 Å². The molecule has 0 fully saturated rings. The summed E-state index contributed by atoms with van der Waals surface area (Å²) in [5.41, 5.74) is 1.86. The van der Waals surface area contributed by atoms with Crippen LogP contribution in [0.4, 0.5) is 0 Å². The van der Waals surface area contributed by atoms with E-state index in [0.29, 0.717) is 0 Å². The number of ketones is 1. The molecule has 0 aliphatic heterocycles. The molecule has 0 unspecified atom stereocenters. The molecule has 0 amide bonds. The van der Waals surface area contributed by atoms with Gasteiger partial charge in [0.2, 0.25) is 0 Å². The molecule has 0 spiro atoms. The van der Waals surface area contributed by atoms with Gasteiger partial charge in [0.25, 0.3) is 0 Å². The highest BCUT2D eigenvalue weighted by Crippen LogP contribution is 2.06. The zero-order chi connectivity index (χ0) is 10.6. The van der Waals surface area contributed by atoms with Gasteiger partial charge in [0.05, 0.1) is 0 Å². The maximum Gasteiger partial charge on any atom is 0.159 e. The summed E-state index contributed by atoms with van der Waals surface area (Å²) in [5.74, 6) is 0.105. The van der Waals surface area contributed by atoms with Crippen LogP contribution in [0.5, 0.6) is 0 Å². The van der Waals surface area contributed by atoms with Gasteiger partial charge in [0.15, 0.2) is 5.78 Å². The zero-order valence-corrected chi connectivity index (χ0v) is 8.82. The number of hydrogen-bond donors (Lipinski definition) is 0. The van der Waals surface area contributed by atoms with Crippen LogP contribution in [0.1, 0.15) is 22.8 Å². The molecule has 0 saturated heterocycles. The summed E-state index contributed by atoms with van der Waals surface area (Å²) in [6.07, 6.45) is 3.98. The lowest BCUT2D eigenvalue weighted by molar-refractivity contribution is 0.101. The Morgan fingerprint density at radius 1 is 1.21 bits per heavy atom. The Morgan fingerprint density at radius 2 is 1.79 bits per heavy atom. The third kappa shape index (κ3) is 3.05. The van der Waals surface area contributed by atoms with Crippen LogP contribution in [0.3, 0.4) is 0 Å². The Labute approximate surface area is 84.9 Å². The van der Waals surface area contributed by atoms with Gasteiger partial charge in [-0.3, -0.25) is 4.79 Å². The average molecular weight is 189 g/mol. The first kappa shape index (κ1) is 10.5. The van der Waals surface area contributed by atoms with Gasteiger partial charge in [0.1, 0.15) is 0 Å². The second-order valence-corrected chi connectivity index (χ2v) is 3.46. The van der Waals surface area contributed by atoms with Crippen LogP contribution < -0.4 is 0 Å². The summed E-state index contributed by atoms with van der Waals surface area (Å²) in [6, 6.07) is 7.57. The number of hydrogen-bond acceptors (Lipinski definition) is 2. The first-order valence-electron chi connectivity index (χ1n) is 4.55. The largest absolute Gasteiger partial charge is 0.383 e. The monoisotopic (exact) mass is 189 g/mol. The minimum atomic E-state index is 0.105. The van der Waals surface area contributed by atoms with Crippen molar-refractivity contribution in [3.8, 4) is 0 Å². The molecule has 0 aliphatic carbocycles. The molecule has 74 valence electrons. The maximum absolute atomic E-state index is 11.0. The topological polar surface area (TPSA) is 20.3 Å². The van der Waals surface area contributed by atoms with Gasteiger partial charge >= 0.3 is 0 Å². The second-order valence-electron chi connectivity index (χ2n) is 3.46. The minimum absolute atomic E-state index is 0.105. The second kappa shape index (κ2) is 4.61. The Kier molecular flexibility index (Phi) is 3.46. The van der Waals surface area contributed by atoms with Gasteiger partial charge < -0.3 is 4.90 Å². The van der Waals surface area contributed by atoms with Crippen LogP contribution in [0.25, 0.3) is 6.08 Å². The highest BCUT2D eigenvalue weighted by atomic mass is 16.1. The molecule has 0 heterocycles. The van der Waals surface area contributed by atoms with Gasteiger partial charge in [-0.2, -0.15) is 0 Å². The van der Waals surface area contributed by atoms with Crippen molar-refractivity contribution >= 4 is 11.9 Å². The fraction of sp³-hybridized carbons (Fsp3) is 0.250. The van der Waals surface area contributed by atoms with Crippen molar-refractivity contribution in [1.82, 2.24) is 4.90 Å². The third-order valence-corrected chi connectivity index (χ3v) is 1.88. The quantitative estimate of drug-likeness (QED) is 0.680. The van der Waals surface area contributed by atoms with Crippen LogP contribution in [0.15, 0.2) is 30.5 Å². The van der Waals surface area contributed by atoms with E-state index in [1.54, 1.807) is 6.92 Å². The number of carbonyl (C=O) groups excluding carboxylic acids is 1. The van der Waals surface area contributed by atoms with E-state index >= 15 is 0 Å². The maximum atomic E-state index is 11.0. The summed E-state index contributed by atoms with van der Waals surface area (Å²) in [7, 11) is 3.95. The van der Waals surface area contributed by atoms with Gasteiger partial charge in [-0.1, -0.05) is 24.3 Å². The number of rotatable bonds is 3. The number of carbonyl (C=O) groups is 1. The van der Waals surface area contributed by atoms with E-state index in [0.717, 1.165) is 11.1 Å². The van der Waals surface area contributed by atoms with E-state index in [1.807, 2.05) is 55.5 Å². The van der Waals surface area contributed by atoms with E-state index in [1.165, 1.54) is 0 Å². The predicted molar refractivity (Wildman–Crippen MR) is 59.2 cm³/mol. The Morgan fingerprint density at radius 3 is 2.21 bits per heavy atom. The number of benzene rings is 1. The van der Waals surface area contributed by atoms with Crippen molar-refractivity contribution < 1.29 is 4.79 Å². The van der Waals surface area contributed by atoms with Gasteiger partial charge in [-0.15, -0.1) is 0 Å². The predicted octanol–water partition coefficient (Wildman–Crippen LogP) is 2.42. The Hall–Kier alpha value is -1.57. The van der Waals surface area contributed by atoms with Crippen LogP contribution in [-0.4, -0.2) is 24.8 Å². The number of Topliss-reactive ketones (excluding diaryl/α,β-unsaturated/α-hetero) is 1.